The summed E-state index contributed by atoms with van der Waals surface area (Å²) in [4.78, 5) is 0. The van der Waals surface area contributed by atoms with Gasteiger partial charge in [0.2, 0.25) is 0 Å². The largest absolute Gasteiger partial charge is 0.506 e. The number of aromatic hydroxyl groups is 1. The number of para-hydroxylation sites is 1. The molecule has 0 aliphatic carbocycles. The number of hydrogen-bond donors (Lipinski definition) is 2. The maximum absolute atomic E-state index is 9.87. The molecule has 0 saturated heterocycles. The Balaban J connectivity index is 2.15. The number of benzene rings is 2. The summed E-state index contributed by atoms with van der Waals surface area (Å²) in [5.41, 5.74) is 4.46. The van der Waals surface area contributed by atoms with Crippen LogP contribution in [0.3, 0.4) is 0 Å². The zero-order valence-electron chi connectivity index (χ0n) is 9.27. The molecule has 0 bridgehead atoms. The molecule has 0 radical (unpaired) electrons. The van der Waals surface area contributed by atoms with E-state index >= 15 is 0 Å². The van der Waals surface area contributed by atoms with Gasteiger partial charge in [0.25, 0.3) is 0 Å². The SMILES string of the molecule is Oc1c(I)cc(Br)cc1/C=N\Nc1ccccc1. The highest BCUT2D eigenvalue weighted by atomic mass is 127. The molecule has 0 atom stereocenters. The first-order valence-corrected chi connectivity index (χ1v) is 7.06. The lowest BCUT2D eigenvalue weighted by Gasteiger charge is -2.03. The van der Waals surface area contributed by atoms with Gasteiger partial charge in [-0.1, -0.05) is 34.1 Å². The third-order valence-corrected chi connectivity index (χ3v) is 3.51. The van der Waals surface area contributed by atoms with Crippen molar-refractivity contribution < 1.29 is 5.11 Å². The maximum atomic E-state index is 9.87. The summed E-state index contributed by atoms with van der Waals surface area (Å²) in [6.07, 6.45) is 1.59. The van der Waals surface area contributed by atoms with Gasteiger partial charge in [-0.05, 0) is 46.9 Å². The fraction of sp³-hybridized carbons (Fsp3) is 0. The van der Waals surface area contributed by atoms with Crippen LogP contribution in [0, 0.1) is 3.57 Å². The highest BCUT2D eigenvalue weighted by Crippen LogP contribution is 2.27. The smallest absolute Gasteiger partial charge is 0.137 e. The lowest BCUT2D eigenvalue weighted by molar-refractivity contribution is 0.470. The number of nitrogens with zero attached hydrogens (tertiary/aromatic N) is 1. The van der Waals surface area contributed by atoms with E-state index in [0.29, 0.717) is 5.56 Å². The molecule has 2 aromatic rings. The van der Waals surface area contributed by atoms with Crippen LogP contribution in [0.5, 0.6) is 5.75 Å². The van der Waals surface area contributed by atoms with E-state index in [9.17, 15) is 5.11 Å². The number of anilines is 1. The quantitative estimate of drug-likeness (QED) is 0.447. The zero-order valence-corrected chi connectivity index (χ0v) is 13.0. The van der Waals surface area contributed by atoms with E-state index in [2.05, 4.69) is 49.0 Å². The fourth-order valence-corrected chi connectivity index (χ4v) is 2.92. The minimum absolute atomic E-state index is 0.234. The molecule has 0 aromatic heterocycles. The molecule has 0 amide bonds. The summed E-state index contributed by atoms with van der Waals surface area (Å²) in [6.45, 7) is 0. The topological polar surface area (TPSA) is 44.6 Å². The van der Waals surface area contributed by atoms with Gasteiger partial charge in [-0.15, -0.1) is 0 Å². The summed E-state index contributed by atoms with van der Waals surface area (Å²) in [5.74, 6) is 0.234. The molecule has 5 heteroatoms. The summed E-state index contributed by atoms with van der Waals surface area (Å²) in [5, 5.41) is 14.0. The van der Waals surface area contributed by atoms with E-state index in [1.165, 1.54) is 0 Å². The Morgan fingerprint density at radius 2 is 1.94 bits per heavy atom. The van der Waals surface area contributed by atoms with Gasteiger partial charge in [-0.3, -0.25) is 5.43 Å². The average molecular weight is 417 g/mol. The van der Waals surface area contributed by atoms with Crippen molar-refractivity contribution in [3.8, 4) is 5.75 Å². The van der Waals surface area contributed by atoms with E-state index in [1.807, 2.05) is 42.5 Å². The predicted octanol–water partition coefficient (Wildman–Crippen LogP) is 4.21. The second-order valence-electron chi connectivity index (χ2n) is 3.56. The van der Waals surface area contributed by atoms with Crippen molar-refractivity contribution in [1.82, 2.24) is 0 Å². The fourth-order valence-electron chi connectivity index (χ4n) is 1.37. The highest BCUT2D eigenvalue weighted by molar-refractivity contribution is 14.1. The Morgan fingerprint density at radius 1 is 1.22 bits per heavy atom. The molecule has 0 heterocycles. The molecule has 3 nitrogen and oxygen atoms in total. The molecule has 2 N–H and O–H groups in total. The van der Waals surface area contributed by atoms with Crippen LogP contribution in [0.15, 0.2) is 52.0 Å². The van der Waals surface area contributed by atoms with E-state index in [4.69, 9.17) is 0 Å². The molecule has 0 aliphatic heterocycles. The van der Waals surface area contributed by atoms with Gasteiger partial charge in [0.15, 0.2) is 0 Å². The first-order valence-electron chi connectivity index (χ1n) is 5.19. The van der Waals surface area contributed by atoms with Gasteiger partial charge in [0.1, 0.15) is 5.75 Å². The lowest BCUT2D eigenvalue weighted by Crippen LogP contribution is -1.91. The van der Waals surface area contributed by atoms with Crippen molar-refractivity contribution in [3.63, 3.8) is 0 Å². The second kappa shape index (κ2) is 6.19. The van der Waals surface area contributed by atoms with Crippen molar-refractivity contribution in [3.05, 3.63) is 56.1 Å². The number of halogens is 2. The molecule has 18 heavy (non-hydrogen) atoms. The molecule has 0 unspecified atom stereocenters. The van der Waals surface area contributed by atoms with Gasteiger partial charge < -0.3 is 5.11 Å². The molecule has 0 aliphatic rings. The van der Waals surface area contributed by atoms with Crippen molar-refractivity contribution >= 4 is 50.4 Å². The number of phenolic OH excluding ortho intramolecular Hbond substituents is 1. The first kappa shape index (κ1) is 13.4. The molecule has 0 spiro atoms. The van der Waals surface area contributed by atoms with Crippen LogP contribution in [0.1, 0.15) is 5.56 Å². The summed E-state index contributed by atoms with van der Waals surface area (Å²) in [6, 6.07) is 13.3. The van der Waals surface area contributed by atoms with Crippen LogP contribution in [0.25, 0.3) is 0 Å². The number of rotatable bonds is 3. The van der Waals surface area contributed by atoms with Crippen LogP contribution < -0.4 is 5.43 Å². The van der Waals surface area contributed by atoms with Gasteiger partial charge in [-0.2, -0.15) is 5.10 Å². The maximum Gasteiger partial charge on any atom is 0.137 e. The Labute approximate surface area is 127 Å². The van der Waals surface area contributed by atoms with E-state index in [0.717, 1.165) is 13.7 Å². The van der Waals surface area contributed by atoms with Gasteiger partial charge in [0.05, 0.1) is 15.5 Å². The minimum atomic E-state index is 0.234. The summed E-state index contributed by atoms with van der Waals surface area (Å²) >= 11 is 5.46. The number of hydrazone groups is 1. The number of nitrogens with one attached hydrogen (secondary N) is 1. The van der Waals surface area contributed by atoms with Crippen LogP contribution in [0.4, 0.5) is 5.69 Å². The Hall–Kier alpha value is -1.08. The zero-order chi connectivity index (χ0) is 13.0. The van der Waals surface area contributed by atoms with E-state index < -0.39 is 0 Å². The molecular weight excluding hydrogens is 407 g/mol. The Morgan fingerprint density at radius 3 is 2.67 bits per heavy atom. The molecule has 2 aromatic carbocycles. The molecule has 2 rings (SSSR count). The van der Waals surface area contributed by atoms with E-state index in [-0.39, 0.29) is 5.75 Å². The van der Waals surface area contributed by atoms with Gasteiger partial charge >= 0.3 is 0 Å². The highest BCUT2D eigenvalue weighted by Gasteiger charge is 2.04. The monoisotopic (exact) mass is 416 g/mol. The molecule has 0 fully saturated rings. The van der Waals surface area contributed by atoms with Gasteiger partial charge in [-0.25, -0.2) is 0 Å². The number of phenols is 1. The second-order valence-corrected chi connectivity index (χ2v) is 5.64. The normalized spacial score (nSPS) is 10.8. The van der Waals surface area contributed by atoms with Crippen LogP contribution in [-0.4, -0.2) is 11.3 Å². The Bertz CT molecular complexity index is 573. The standard InChI is InChI=1S/C13H10BrIN2O/c14-10-6-9(13(18)12(15)7-10)8-16-17-11-4-2-1-3-5-11/h1-8,17-18H/b16-8-. The first-order chi connectivity index (χ1) is 8.66. The van der Waals surface area contributed by atoms with Crippen molar-refractivity contribution in [1.29, 1.82) is 0 Å². The average Bonchev–Trinajstić information content (AvgIpc) is 2.36. The Kier molecular flexibility index (Phi) is 4.60. The third-order valence-electron chi connectivity index (χ3n) is 2.23. The van der Waals surface area contributed by atoms with Gasteiger partial charge in [0, 0.05) is 10.0 Å². The molecule has 0 saturated carbocycles. The number of hydrogen-bond acceptors (Lipinski definition) is 3. The van der Waals surface area contributed by atoms with Crippen molar-refractivity contribution in [2.75, 3.05) is 5.43 Å². The summed E-state index contributed by atoms with van der Waals surface area (Å²) in [7, 11) is 0. The minimum Gasteiger partial charge on any atom is -0.506 e. The molecule has 92 valence electrons. The van der Waals surface area contributed by atoms with Crippen molar-refractivity contribution in [2.24, 2.45) is 5.10 Å². The van der Waals surface area contributed by atoms with Crippen LogP contribution in [-0.2, 0) is 0 Å². The summed E-state index contributed by atoms with van der Waals surface area (Å²) < 4.78 is 1.69. The molecular formula is C13H10BrIN2O. The predicted molar refractivity (Wildman–Crippen MR) is 86.2 cm³/mol. The lowest BCUT2D eigenvalue weighted by atomic mass is 10.2. The van der Waals surface area contributed by atoms with Crippen molar-refractivity contribution in [2.45, 2.75) is 0 Å². The van der Waals surface area contributed by atoms with E-state index in [1.54, 1.807) is 6.21 Å². The van der Waals surface area contributed by atoms with Crippen LogP contribution >= 0.6 is 38.5 Å². The third kappa shape index (κ3) is 3.46. The van der Waals surface area contributed by atoms with Crippen LogP contribution in [0.2, 0.25) is 0 Å².